The van der Waals surface area contributed by atoms with Crippen LogP contribution >= 0.6 is 0 Å². The van der Waals surface area contributed by atoms with E-state index < -0.39 is 14.9 Å². The number of nitro groups is 1. The number of hydrogen-bond donors (Lipinski definition) is 2. The molecule has 2 aromatic rings. The number of sulfonamides is 1. The predicted octanol–water partition coefficient (Wildman–Crippen LogP) is 3.23. The number of rotatable bonds is 7. The summed E-state index contributed by atoms with van der Waals surface area (Å²) in [4.78, 5) is 11.0. The van der Waals surface area contributed by atoms with Gasteiger partial charge in [0.25, 0.3) is 5.69 Å². The van der Waals surface area contributed by atoms with Gasteiger partial charge in [0.15, 0.2) is 0 Å². The van der Waals surface area contributed by atoms with Crippen molar-refractivity contribution in [3.8, 4) is 0 Å². The van der Waals surface area contributed by atoms with Crippen molar-refractivity contribution in [1.29, 1.82) is 0 Å². The Balaban J connectivity index is 1.82. The third-order valence-corrected chi connectivity index (χ3v) is 6.94. The Morgan fingerprint density at radius 3 is 2.52 bits per heavy atom. The molecule has 158 valence electrons. The van der Waals surface area contributed by atoms with Gasteiger partial charge in [-0.25, -0.2) is 8.42 Å². The Kier molecular flexibility index (Phi) is 6.53. The molecule has 9 nitrogen and oxygen atoms in total. The second-order valence-corrected chi connectivity index (χ2v) is 9.48. The molecule has 1 saturated heterocycles. The van der Waals surface area contributed by atoms with Crippen molar-refractivity contribution in [2.75, 3.05) is 18.4 Å². The summed E-state index contributed by atoms with van der Waals surface area (Å²) in [5, 5.41) is 21.8. The van der Waals surface area contributed by atoms with E-state index in [-0.39, 0.29) is 16.6 Å². The van der Waals surface area contributed by atoms with Crippen molar-refractivity contribution in [1.82, 2.24) is 14.5 Å². The highest BCUT2D eigenvalue weighted by Gasteiger charge is 2.28. The van der Waals surface area contributed by atoms with Crippen LogP contribution < -0.4 is 5.32 Å². The number of nitrogens with zero attached hydrogens (tertiary/aromatic N) is 3. The lowest BCUT2D eigenvalue weighted by molar-refractivity contribution is -0.384. The molecule has 10 heteroatoms. The lowest BCUT2D eigenvalue weighted by Gasteiger charge is -2.20. The van der Waals surface area contributed by atoms with E-state index in [0.717, 1.165) is 43.1 Å². The maximum atomic E-state index is 13.0. The van der Waals surface area contributed by atoms with Crippen molar-refractivity contribution in [3.05, 3.63) is 45.8 Å². The number of anilines is 1. The molecule has 0 bridgehead atoms. The minimum atomic E-state index is -3.75. The van der Waals surface area contributed by atoms with Crippen LogP contribution in [0.3, 0.4) is 0 Å². The molecule has 1 aliphatic rings. The first-order valence-electron chi connectivity index (χ1n) is 9.83. The smallest absolute Gasteiger partial charge is 0.293 e. The number of nitrogens with one attached hydrogen (secondary N) is 2. The standard InChI is InChI=1S/C19H27N5O4S/c1-14(11-16-12-15(2)21-22-16)20-18-8-7-17(13-19(18)24(25)26)29(27,28)23-9-5-3-4-6-10-23/h7-8,12-14,20H,3-6,9-11H2,1-2H3,(H,21,22). The largest absolute Gasteiger partial charge is 0.377 e. The van der Waals surface area contributed by atoms with Gasteiger partial charge in [0.05, 0.1) is 15.5 Å². The lowest BCUT2D eigenvalue weighted by Crippen LogP contribution is -2.32. The zero-order valence-corrected chi connectivity index (χ0v) is 17.5. The second-order valence-electron chi connectivity index (χ2n) is 7.55. The van der Waals surface area contributed by atoms with Crippen molar-refractivity contribution < 1.29 is 13.3 Å². The summed E-state index contributed by atoms with van der Waals surface area (Å²) >= 11 is 0. The fourth-order valence-corrected chi connectivity index (χ4v) is 5.12. The van der Waals surface area contributed by atoms with Crippen LogP contribution in [0.4, 0.5) is 11.4 Å². The van der Waals surface area contributed by atoms with Gasteiger partial charge in [0, 0.05) is 37.3 Å². The second kappa shape index (κ2) is 8.91. The maximum Gasteiger partial charge on any atom is 0.293 e. The van der Waals surface area contributed by atoms with E-state index in [9.17, 15) is 18.5 Å². The van der Waals surface area contributed by atoms with Crippen molar-refractivity contribution in [2.45, 2.75) is 56.9 Å². The SMILES string of the molecule is Cc1cc(CC(C)Nc2ccc(S(=O)(=O)N3CCCCCC3)cc2[N+](=O)[O-])n[nH]1. The maximum absolute atomic E-state index is 13.0. The quantitative estimate of drug-likeness (QED) is 0.523. The summed E-state index contributed by atoms with van der Waals surface area (Å²) in [5.74, 6) is 0. The molecule has 0 spiro atoms. The number of aromatic amines is 1. The topological polar surface area (TPSA) is 121 Å². The van der Waals surface area contributed by atoms with Gasteiger partial charge in [-0.3, -0.25) is 15.2 Å². The van der Waals surface area contributed by atoms with Crippen molar-refractivity contribution >= 4 is 21.4 Å². The molecule has 1 aliphatic heterocycles. The highest BCUT2D eigenvalue weighted by atomic mass is 32.2. The molecule has 2 heterocycles. The highest BCUT2D eigenvalue weighted by Crippen LogP contribution is 2.30. The monoisotopic (exact) mass is 421 g/mol. The van der Waals surface area contributed by atoms with E-state index in [2.05, 4.69) is 15.5 Å². The van der Waals surface area contributed by atoms with Crippen LogP contribution in [0.25, 0.3) is 0 Å². The Labute approximate surface area is 170 Å². The number of nitro benzene ring substituents is 1. The van der Waals surface area contributed by atoms with Gasteiger partial charge in [-0.1, -0.05) is 12.8 Å². The van der Waals surface area contributed by atoms with E-state index in [1.165, 1.54) is 16.4 Å². The Morgan fingerprint density at radius 1 is 1.24 bits per heavy atom. The number of benzene rings is 1. The normalized spacial score (nSPS) is 16.9. The molecular weight excluding hydrogens is 394 g/mol. The zero-order chi connectivity index (χ0) is 21.0. The van der Waals surface area contributed by atoms with E-state index in [0.29, 0.717) is 25.2 Å². The van der Waals surface area contributed by atoms with E-state index >= 15 is 0 Å². The molecule has 2 N–H and O–H groups in total. The minimum absolute atomic E-state index is 0.0350. The predicted molar refractivity (Wildman–Crippen MR) is 110 cm³/mol. The van der Waals surface area contributed by atoms with Gasteiger partial charge >= 0.3 is 0 Å². The molecule has 0 radical (unpaired) electrons. The van der Waals surface area contributed by atoms with Crippen LogP contribution in [-0.2, 0) is 16.4 Å². The third-order valence-electron chi connectivity index (χ3n) is 5.04. The van der Waals surface area contributed by atoms with Crippen LogP contribution in [0.5, 0.6) is 0 Å². The molecule has 1 atom stereocenters. The molecule has 1 aromatic carbocycles. The van der Waals surface area contributed by atoms with Crippen LogP contribution in [0.15, 0.2) is 29.2 Å². The molecular formula is C19H27N5O4S. The van der Waals surface area contributed by atoms with Crippen molar-refractivity contribution in [3.63, 3.8) is 0 Å². The number of hydrogen-bond acceptors (Lipinski definition) is 6. The Bertz CT molecular complexity index is 965. The molecule has 1 fully saturated rings. The summed E-state index contributed by atoms with van der Waals surface area (Å²) in [6, 6.07) is 5.89. The molecule has 29 heavy (non-hydrogen) atoms. The van der Waals surface area contributed by atoms with E-state index in [1.807, 2.05) is 19.9 Å². The average Bonchev–Trinajstić information content (AvgIpc) is 2.91. The van der Waals surface area contributed by atoms with Gasteiger partial charge in [-0.05, 0) is 44.9 Å². The number of aromatic nitrogens is 2. The average molecular weight is 422 g/mol. The van der Waals surface area contributed by atoms with Crippen molar-refractivity contribution in [2.24, 2.45) is 0 Å². The summed E-state index contributed by atoms with van der Waals surface area (Å²) in [6.45, 7) is 4.71. The van der Waals surface area contributed by atoms with Crippen LogP contribution in [0.1, 0.15) is 44.0 Å². The Morgan fingerprint density at radius 2 is 1.93 bits per heavy atom. The number of aryl methyl sites for hydroxylation is 1. The summed E-state index contributed by atoms with van der Waals surface area (Å²) < 4.78 is 27.4. The fourth-order valence-electron chi connectivity index (χ4n) is 3.59. The summed E-state index contributed by atoms with van der Waals surface area (Å²) in [7, 11) is -3.75. The first-order valence-corrected chi connectivity index (χ1v) is 11.3. The molecule has 1 unspecified atom stereocenters. The zero-order valence-electron chi connectivity index (χ0n) is 16.7. The van der Waals surface area contributed by atoms with Gasteiger partial charge in [-0.2, -0.15) is 9.40 Å². The molecule has 0 saturated carbocycles. The van der Waals surface area contributed by atoms with Gasteiger partial charge in [0.2, 0.25) is 10.0 Å². The molecule has 0 amide bonds. The van der Waals surface area contributed by atoms with E-state index in [4.69, 9.17) is 0 Å². The third kappa shape index (κ3) is 5.13. The first kappa shape index (κ1) is 21.3. The Hall–Kier alpha value is -2.46. The van der Waals surface area contributed by atoms with Gasteiger partial charge in [-0.15, -0.1) is 0 Å². The van der Waals surface area contributed by atoms with Crippen LogP contribution in [0, 0.1) is 17.0 Å². The number of H-pyrrole nitrogens is 1. The lowest BCUT2D eigenvalue weighted by atomic mass is 10.1. The minimum Gasteiger partial charge on any atom is -0.377 e. The van der Waals surface area contributed by atoms with Gasteiger partial charge < -0.3 is 5.32 Å². The van der Waals surface area contributed by atoms with E-state index in [1.54, 1.807) is 0 Å². The fraction of sp³-hybridized carbons (Fsp3) is 0.526. The van der Waals surface area contributed by atoms with Crippen LogP contribution in [-0.4, -0.2) is 47.0 Å². The van der Waals surface area contributed by atoms with Gasteiger partial charge in [0.1, 0.15) is 5.69 Å². The molecule has 3 rings (SSSR count). The summed E-state index contributed by atoms with van der Waals surface area (Å²) in [6.07, 6.45) is 4.20. The molecule has 0 aliphatic carbocycles. The molecule has 1 aromatic heterocycles. The highest BCUT2D eigenvalue weighted by molar-refractivity contribution is 7.89. The first-order chi connectivity index (χ1) is 13.8. The summed E-state index contributed by atoms with van der Waals surface area (Å²) in [5.41, 5.74) is 1.85. The van der Waals surface area contributed by atoms with Crippen LogP contribution in [0.2, 0.25) is 0 Å².